The lowest BCUT2D eigenvalue weighted by Gasteiger charge is -2.13. The normalized spacial score (nSPS) is 11.0. The zero-order valence-electron chi connectivity index (χ0n) is 14.9. The minimum absolute atomic E-state index is 0.0408. The summed E-state index contributed by atoms with van der Waals surface area (Å²) in [7, 11) is 3.88. The van der Waals surface area contributed by atoms with Gasteiger partial charge in [0.15, 0.2) is 0 Å². The highest BCUT2D eigenvalue weighted by Crippen LogP contribution is 2.15. The average molecular weight is 356 g/mol. The van der Waals surface area contributed by atoms with Crippen molar-refractivity contribution in [3.05, 3.63) is 59.9 Å². The summed E-state index contributed by atoms with van der Waals surface area (Å²) in [6.07, 6.45) is 0.0408. The molecule has 0 spiro atoms. The number of benzene rings is 2. The van der Waals surface area contributed by atoms with Gasteiger partial charge in [0, 0.05) is 36.7 Å². The molecular formula is C19H21FN4O2. The molecule has 0 bridgehead atoms. The van der Waals surface area contributed by atoms with Crippen molar-refractivity contribution in [1.29, 1.82) is 0 Å². The Morgan fingerprint density at radius 1 is 1.04 bits per heavy atom. The molecule has 0 saturated heterocycles. The lowest BCUT2D eigenvalue weighted by atomic mass is 10.2. The molecule has 26 heavy (non-hydrogen) atoms. The maximum atomic E-state index is 12.8. The van der Waals surface area contributed by atoms with Crippen LogP contribution in [0.1, 0.15) is 23.7 Å². The molecule has 2 N–H and O–H groups in total. The van der Waals surface area contributed by atoms with Gasteiger partial charge in [-0.25, -0.2) is 9.82 Å². The summed E-state index contributed by atoms with van der Waals surface area (Å²) in [4.78, 5) is 25.9. The van der Waals surface area contributed by atoms with Crippen LogP contribution in [0.4, 0.5) is 15.8 Å². The summed E-state index contributed by atoms with van der Waals surface area (Å²) >= 11 is 0. The van der Waals surface area contributed by atoms with Crippen LogP contribution in [0.15, 0.2) is 53.6 Å². The van der Waals surface area contributed by atoms with E-state index in [1.165, 1.54) is 24.3 Å². The molecule has 0 atom stereocenters. The van der Waals surface area contributed by atoms with Crippen LogP contribution in [0.3, 0.4) is 0 Å². The lowest BCUT2D eigenvalue weighted by molar-refractivity contribution is -0.115. The number of nitrogens with one attached hydrogen (secondary N) is 2. The van der Waals surface area contributed by atoms with Crippen molar-refractivity contribution in [3.8, 4) is 0 Å². The maximum Gasteiger partial charge on any atom is 0.271 e. The number of carbonyl (C=O) groups excluding carboxylic acids is 2. The summed E-state index contributed by atoms with van der Waals surface area (Å²) < 4.78 is 12.8. The standard InChI is InChI=1S/C19H21FN4O2/c1-13(22-23-19(26)14-4-6-15(20)7-5-14)12-18(25)21-16-8-10-17(11-9-16)24(2)3/h4-11H,12H2,1-3H3,(H,21,25)(H,23,26)/b22-13-. The van der Waals surface area contributed by atoms with E-state index < -0.39 is 11.7 Å². The third-order valence-corrected chi connectivity index (χ3v) is 3.54. The van der Waals surface area contributed by atoms with Gasteiger partial charge >= 0.3 is 0 Å². The van der Waals surface area contributed by atoms with Gasteiger partial charge in [0.2, 0.25) is 5.91 Å². The fourth-order valence-corrected chi connectivity index (χ4v) is 2.13. The Morgan fingerprint density at radius 2 is 1.65 bits per heavy atom. The highest BCUT2D eigenvalue weighted by Gasteiger charge is 2.07. The zero-order valence-corrected chi connectivity index (χ0v) is 14.9. The van der Waals surface area contributed by atoms with Crippen LogP contribution in [-0.4, -0.2) is 31.6 Å². The molecule has 0 saturated carbocycles. The van der Waals surface area contributed by atoms with E-state index in [-0.39, 0.29) is 17.9 Å². The van der Waals surface area contributed by atoms with Gasteiger partial charge in [0.05, 0.1) is 6.42 Å². The summed E-state index contributed by atoms with van der Waals surface area (Å²) in [5.74, 6) is -1.12. The van der Waals surface area contributed by atoms with Crippen LogP contribution in [-0.2, 0) is 4.79 Å². The van der Waals surface area contributed by atoms with Crippen molar-refractivity contribution in [2.45, 2.75) is 13.3 Å². The zero-order chi connectivity index (χ0) is 19.1. The molecule has 2 aromatic carbocycles. The summed E-state index contributed by atoms with van der Waals surface area (Å²) in [6.45, 7) is 1.64. The number of halogens is 1. The molecule has 0 aliphatic heterocycles. The molecule has 6 nitrogen and oxygen atoms in total. The number of hydrogen-bond acceptors (Lipinski definition) is 4. The number of hydrazone groups is 1. The first-order chi connectivity index (χ1) is 12.3. The molecule has 0 radical (unpaired) electrons. The Kier molecular flexibility index (Phi) is 6.43. The molecule has 136 valence electrons. The van der Waals surface area contributed by atoms with E-state index in [1.54, 1.807) is 6.92 Å². The fraction of sp³-hybridized carbons (Fsp3) is 0.211. The first kappa shape index (κ1) is 19.1. The van der Waals surface area contributed by atoms with Gasteiger partial charge in [-0.15, -0.1) is 0 Å². The first-order valence-electron chi connectivity index (χ1n) is 8.01. The van der Waals surface area contributed by atoms with Crippen LogP contribution in [0.2, 0.25) is 0 Å². The van der Waals surface area contributed by atoms with Crippen LogP contribution in [0.5, 0.6) is 0 Å². The molecule has 0 aromatic heterocycles. The van der Waals surface area contributed by atoms with Gasteiger partial charge in [-0.1, -0.05) is 0 Å². The fourth-order valence-electron chi connectivity index (χ4n) is 2.13. The lowest BCUT2D eigenvalue weighted by Crippen LogP contribution is -2.21. The van der Waals surface area contributed by atoms with Gasteiger partial charge < -0.3 is 10.2 Å². The van der Waals surface area contributed by atoms with Crippen molar-refractivity contribution >= 4 is 28.9 Å². The number of carbonyl (C=O) groups is 2. The molecule has 0 heterocycles. The number of hydrogen-bond donors (Lipinski definition) is 2. The molecule has 2 amide bonds. The van der Waals surface area contributed by atoms with Gasteiger partial charge in [-0.3, -0.25) is 9.59 Å². The predicted molar refractivity (Wildman–Crippen MR) is 101 cm³/mol. The Balaban J connectivity index is 1.86. The van der Waals surface area contributed by atoms with E-state index in [9.17, 15) is 14.0 Å². The predicted octanol–water partition coefficient (Wildman–Crippen LogP) is 3.03. The highest BCUT2D eigenvalue weighted by molar-refractivity contribution is 6.06. The first-order valence-corrected chi connectivity index (χ1v) is 8.01. The van der Waals surface area contributed by atoms with Crippen molar-refractivity contribution in [3.63, 3.8) is 0 Å². The molecule has 7 heteroatoms. The van der Waals surface area contributed by atoms with Gasteiger partial charge in [0.1, 0.15) is 5.82 Å². The smallest absolute Gasteiger partial charge is 0.271 e. The topological polar surface area (TPSA) is 73.8 Å². The van der Waals surface area contributed by atoms with E-state index >= 15 is 0 Å². The number of anilines is 2. The minimum atomic E-state index is -0.468. The Labute approximate surface area is 151 Å². The van der Waals surface area contributed by atoms with Crippen LogP contribution >= 0.6 is 0 Å². The second kappa shape index (κ2) is 8.75. The monoisotopic (exact) mass is 356 g/mol. The van der Waals surface area contributed by atoms with Crippen molar-refractivity contribution in [2.75, 3.05) is 24.3 Å². The molecule has 0 unspecified atom stereocenters. The summed E-state index contributed by atoms with van der Waals surface area (Å²) in [6, 6.07) is 12.5. The largest absolute Gasteiger partial charge is 0.378 e. The number of nitrogens with zero attached hydrogens (tertiary/aromatic N) is 2. The molecule has 2 rings (SSSR count). The quantitative estimate of drug-likeness (QED) is 0.617. The van der Waals surface area contributed by atoms with Crippen molar-refractivity contribution in [1.82, 2.24) is 5.43 Å². The van der Waals surface area contributed by atoms with Crippen LogP contribution < -0.4 is 15.6 Å². The Hall–Kier alpha value is -3.22. The second-order valence-corrected chi connectivity index (χ2v) is 5.96. The van der Waals surface area contributed by atoms with Crippen LogP contribution in [0.25, 0.3) is 0 Å². The van der Waals surface area contributed by atoms with E-state index in [2.05, 4.69) is 15.8 Å². The van der Waals surface area contributed by atoms with E-state index in [1.807, 2.05) is 43.3 Å². The van der Waals surface area contributed by atoms with Gasteiger partial charge in [-0.2, -0.15) is 5.10 Å². The van der Waals surface area contributed by atoms with E-state index in [0.29, 0.717) is 11.4 Å². The summed E-state index contributed by atoms with van der Waals surface area (Å²) in [5, 5.41) is 6.67. The van der Waals surface area contributed by atoms with Crippen molar-refractivity contribution in [2.24, 2.45) is 5.10 Å². The van der Waals surface area contributed by atoms with Gasteiger partial charge in [0.25, 0.3) is 5.91 Å². The molecule has 0 aliphatic carbocycles. The molecular weight excluding hydrogens is 335 g/mol. The Bertz CT molecular complexity index is 799. The minimum Gasteiger partial charge on any atom is -0.378 e. The van der Waals surface area contributed by atoms with Crippen LogP contribution in [0, 0.1) is 5.82 Å². The SMILES string of the molecule is C/C(CC(=O)Nc1ccc(N(C)C)cc1)=N/NC(=O)c1ccc(F)cc1. The second-order valence-electron chi connectivity index (χ2n) is 5.96. The average Bonchev–Trinajstić information content (AvgIpc) is 2.60. The van der Waals surface area contributed by atoms with E-state index in [0.717, 1.165) is 5.69 Å². The third kappa shape index (κ3) is 5.70. The number of rotatable bonds is 6. The number of amides is 2. The molecule has 2 aromatic rings. The maximum absolute atomic E-state index is 12.8. The van der Waals surface area contributed by atoms with Crippen molar-refractivity contribution < 1.29 is 14.0 Å². The van der Waals surface area contributed by atoms with E-state index in [4.69, 9.17) is 0 Å². The third-order valence-electron chi connectivity index (χ3n) is 3.54. The van der Waals surface area contributed by atoms with Gasteiger partial charge in [-0.05, 0) is 55.5 Å². The summed E-state index contributed by atoms with van der Waals surface area (Å²) in [5.41, 5.74) is 4.80. The molecule has 0 fully saturated rings. The molecule has 0 aliphatic rings. The Morgan fingerprint density at radius 3 is 2.23 bits per heavy atom. The highest BCUT2D eigenvalue weighted by atomic mass is 19.1.